The second kappa shape index (κ2) is 8.47. The summed E-state index contributed by atoms with van der Waals surface area (Å²) in [5.41, 5.74) is 2.20. The molecule has 5 rings (SSSR count). The van der Waals surface area contributed by atoms with E-state index in [0.29, 0.717) is 23.6 Å². The molecule has 1 saturated heterocycles. The maximum Gasteiger partial charge on any atom is 0.261 e. The number of piperidine rings is 1. The number of benzene rings is 2. The lowest BCUT2D eigenvalue weighted by Crippen LogP contribution is -2.42. The summed E-state index contributed by atoms with van der Waals surface area (Å²) in [6, 6.07) is 17.4. The molecule has 3 heterocycles. The topological polar surface area (TPSA) is 58.4 Å². The highest BCUT2D eigenvalue weighted by molar-refractivity contribution is 6.21. The molecule has 6 heteroatoms. The molecule has 2 aliphatic heterocycles. The monoisotopic (exact) mass is 414 g/mol. The van der Waals surface area contributed by atoms with Gasteiger partial charge in [0.1, 0.15) is 5.82 Å². The van der Waals surface area contributed by atoms with Gasteiger partial charge in [-0.1, -0.05) is 42.5 Å². The molecule has 1 aromatic heterocycles. The molecule has 2 amide bonds. The highest BCUT2D eigenvalue weighted by atomic mass is 16.2. The van der Waals surface area contributed by atoms with Crippen LogP contribution in [0.2, 0.25) is 0 Å². The maximum atomic E-state index is 12.5. The van der Waals surface area contributed by atoms with Gasteiger partial charge < -0.3 is 9.47 Å². The van der Waals surface area contributed by atoms with Gasteiger partial charge in [-0.3, -0.25) is 14.5 Å². The van der Waals surface area contributed by atoms with Crippen LogP contribution in [0, 0.1) is 5.92 Å². The minimum atomic E-state index is -0.163. The van der Waals surface area contributed by atoms with Gasteiger partial charge in [0.05, 0.1) is 11.1 Å². The summed E-state index contributed by atoms with van der Waals surface area (Å²) < 4.78 is 2.26. The summed E-state index contributed by atoms with van der Waals surface area (Å²) in [7, 11) is 0. The molecule has 158 valence electrons. The summed E-state index contributed by atoms with van der Waals surface area (Å²) in [6.07, 6.45) is 6.15. The van der Waals surface area contributed by atoms with Gasteiger partial charge in [0, 0.05) is 37.6 Å². The standard InChI is InChI=1S/C25H26N4O2/c30-24-21-8-4-5-9-22(21)25(31)29(24)17-16-27-13-10-19(11-14-27)18-28-15-12-26-23(28)20-6-2-1-3-7-20/h1-9,12,15,19H,10-11,13-14,16-18H2. The van der Waals surface area contributed by atoms with Gasteiger partial charge in [-0.25, -0.2) is 4.98 Å². The van der Waals surface area contributed by atoms with Gasteiger partial charge in [-0.2, -0.15) is 0 Å². The van der Waals surface area contributed by atoms with E-state index in [1.165, 1.54) is 4.90 Å². The first kappa shape index (κ1) is 19.7. The molecule has 6 nitrogen and oxygen atoms in total. The minimum absolute atomic E-state index is 0.163. The molecule has 0 spiro atoms. The Morgan fingerprint density at radius 2 is 1.48 bits per heavy atom. The molecule has 0 bridgehead atoms. The van der Waals surface area contributed by atoms with E-state index in [1.54, 1.807) is 12.1 Å². The Kier molecular flexibility index (Phi) is 5.38. The average Bonchev–Trinajstić information content (AvgIpc) is 3.37. The van der Waals surface area contributed by atoms with Crippen molar-refractivity contribution in [1.82, 2.24) is 19.4 Å². The quantitative estimate of drug-likeness (QED) is 0.579. The van der Waals surface area contributed by atoms with E-state index in [0.717, 1.165) is 50.4 Å². The largest absolute Gasteiger partial charge is 0.331 e. The third-order valence-corrected chi connectivity index (χ3v) is 6.43. The van der Waals surface area contributed by atoms with Crippen molar-refractivity contribution < 1.29 is 9.59 Å². The maximum absolute atomic E-state index is 12.5. The SMILES string of the molecule is O=C1c2ccccc2C(=O)N1CCN1CCC(Cn2ccnc2-c2ccccc2)CC1. The number of amides is 2. The van der Waals surface area contributed by atoms with Crippen LogP contribution in [-0.4, -0.2) is 57.3 Å². The van der Waals surface area contributed by atoms with Crippen LogP contribution >= 0.6 is 0 Å². The molecule has 1 fully saturated rings. The van der Waals surface area contributed by atoms with Crippen molar-refractivity contribution in [2.75, 3.05) is 26.2 Å². The molecule has 0 aliphatic carbocycles. The first-order valence-electron chi connectivity index (χ1n) is 10.9. The van der Waals surface area contributed by atoms with Crippen molar-refractivity contribution in [1.29, 1.82) is 0 Å². The fraction of sp³-hybridized carbons (Fsp3) is 0.320. The zero-order chi connectivity index (χ0) is 21.2. The number of hydrogen-bond acceptors (Lipinski definition) is 4. The molecule has 2 aromatic carbocycles. The van der Waals surface area contributed by atoms with Crippen LogP contribution in [0.5, 0.6) is 0 Å². The third-order valence-electron chi connectivity index (χ3n) is 6.43. The van der Waals surface area contributed by atoms with Crippen LogP contribution < -0.4 is 0 Å². The Morgan fingerprint density at radius 3 is 2.16 bits per heavy atom. The van der Waals surface area contributed by atoms with E-state index in [4.69, 9.17) is 0 Å². The van der Waals surface area contributed by atoms with Gasteiger partial charge in [0.15, 0.2) is 0 Å². The second-order valence-electron chi connectivity index (χ2n) is 8.36. The molecule has 31 heavy (non-hydrogen) atoms. The van der Waals surface area contributed by atoms with Crippen molar-refractivity contribution >= 4 is 11.8 Å². The second-order valence-corrected chi connectivity index (χ2v) is 8.36. The van der Waals surface area contributed by atoms with Gasteiger partial charge >= 0.3 is 0 Å². The van der Waals surface area contributed by atoms with Crippen LogP contribution in [0.15, 0.2) is 67.0 Å². The molecule has 0 unspecified atom stereocenters. The van der Waals surface area contributed by atoms with Gasteiger partial charge in [0.2, 0.25) is 0 Å². The molecule has 0 atom stereocenters. The Bertz CT molecular complexity index is 1050. The summed E-state index contributed by atoms with van der Waals surface area (Å²) in [4.78, 5) is 33.4. The smallest absolute Gasteiger partial charge is 0.261 e. The number of carbonyl (C=O) groups excluding carboxylic acids is 2. The number of aromatic nitrogens is 2. The zero-order valence-corrected chi connectivity index (χ0v) is 17.5. The number of imide groups is 1. The van der Waals surface area contributed by atoms with E-state index in [-0.39, 0.29) is 11.8 Å². The Morgan fingerprint density at radius 1 is 0.839 bits per heavy atom. The Labute approximate surface area is 182 Å². The normalized spacial score (nSPS) is 17.4. The van der Waals surface area contributed by atoms with Crippen molar-refractivity contribution in [3.05, 3.63) is 78.1 Å². The summed E-state index contributed by atoms with van der Waals surface area (Å²) in [6.45, 7) is 4.14. The van der Waals surface area contributed by atoms with E-state index in [2.05, 4.69) is 32.8 Å². The lowest BCUT2D eigenvalue weighted by Gasteiger charge is -2.33. The number of carbonyl (C=O) groups is 2. The zero-order valence-electron chi connectivity index (χ0n) is 17.5. The van der Waals surface area contributed by atoms with Crippen LogP contribution in [0.4, 0.5) is 0 Å². The number of likely N-dealkylation sites (tertiary alicyclic amines) is 1. The van der Waals surface area contributed by atoms with Crippen molar-refractivity contribution in [3.63, 3.8) is 0 Å². The average molecular weight is 415 g/mol. The third kappa shape index (κ3) is 3.91. The summed E-state index contributed by atoms with van der Waals surface area (Å²) in [5.74, 6) is 1.30. The van der Waals surface area contributed by atoms with Crippen molar-refractivity contribution in [2.45, 2.75) is 19.4 Å². The molecule has 3 aromatic rings. The molecule has 2 aliphatic rings. The lowest BCUT2D eigenvalue weighted by atomic mass is 9.96. The van der Waals surface area contributed by atoms with E-state index >= 15 is 0 Å². The van der Waals surface area contributed by atoms with Gasteiger partial charge in [0.25, 0.3) is 11.8 Å². The number of nitrogens with zero attached hydrogens (tertiary/aromatic N) is 4. The first-order chi connectivity index (χ1) is 15.2. The fourth-order valence-corrected chi connectivity index (χ4v) is 4.66. The van der Waals surface area contributed by atoms with Crippen molar-refractivity contribution in [3.8, 4) is 11.4 Å². The van der Waals surface area contributed by atoms with E-state index < -0.39 is 0 Å². The minimum Gasteiger partial charge on any atom is -0.331 e. The van der Waals surface area contributed by atoms with Crippen LogP contribution in [0.3, 0.4) is 0 Å². The van der Waals surface area contributed by atoms with Gasteiger partial charge in [-0.15, -0.1) is 0 Å². The van der Waals surface area contributed by atoms with Crippen LogP contribution in [0.1, 0.15) is 33.6 Å². The molecular weight excluding hydrogens is 388 g/mol. The van der Waals surface area contributed by atoms with Gasteiger partial charge in [-0.05, 0) is 44.0 Å². The predicted molar refractivity (Wildman–Crippen MR) is 119 cm³/mol. The summed E-state index contributed by atoms with van der Waals surface area (Å²) in [5, 5.41) is 0. The molecule has 0 N–H and O–H groups in total. The fourth-order valence-electron chi connectivity index (χ4n) is 4.66. The number of fused-ring (bicyclic) bond motifs is 1. The number of imidazole rings is 1. The Hall–Kier alpha value is -3.25. The first-order valence-corrected chi connectivity index (χ1v) is 10.9. The number of hydrogen-bond donors (Lipinski definition) is 0. The Balaban J connectivity index is 1.14. The van der Waals surface area contributed by atoms with Crippen LogP contribution in [-0.2, 0) is 6.54 Å². The van der Waals surface area contributed by atoms with Crippen molar-refractivity contribution in [2.24, 2.45) is 5.92 Å². The predicted octanol–water partition coefficient (Wildman–Crippen LogP) is 3.56. The van der Waals surface area contributed by atoms with Crippen LogP contribution in [0.25, 0.3) is 11.4 Å². The van der Waals surface area contributed by atoms with E-state index in [1.807, 2.05) is 36.5 Å². The molecule has 0 radical (unpaired) electrons. The summed E-state index contributed by atoms with van der Waals surface area (Å²) >= 11 is 0. The lowest BCUT2D eigenvalue weighted by molar-refractivity contribution is 0.0624. The highest BCUT2D eigenvalue weighted by Gasteiger charge is 2.35. The highest BCUT2D eigenvalue weighted by Crippen LogP contribution is 2.25. The van der Waals surface area contributed by atoms with E-state index in [9.17, 15) is 9.59 Å². The molecular formula is C25H26N4O2. The molecule has 0 saturated carbocycles. The number of rotatable bonds is 6.